The highest BCUT2D eigenvalue weighted by atomic mass is 28.4. The molecule has 0 aliphatic carbocycles. The van der Waals surface area contributed by atoms with Crippen LogP contribution in [0.1, 0.15) is 43.9 Å². The molecule has 0 atom stereocenters. The summed E-state index contributed by atoms with van der Waals surface area (Å²) in [6.07, 6.45) is 6.04. The number of phenolic OH excluding ortho intramolecular Hbond substituents is 1. The van der Waals surface area contributed by atoms with Gasteiger partial charge in [0.05, 0.1) is 13.0 Å². The molecule has 0 bridgehead atoms. The first kappa shape index (κ1) is 24.5. The highest BCUT2D eigenvalue weighted by Gasteiger charge is 2.37. The third kappa shape index (κ3) is 7.77. The minimum absolute atomic E-state index is 0.127. The Kier molecular flexibility index (Phi) is 8.31. The number of ketones is 2. The molecular weight excluding hydrogens is 404 g/mol. The van der Waals surface area contributed by atoms with Gasteiger partial charge in [0, 0.05) is 0 Å². The molecule has 0 fully saturated rings. The first-order valence-electron chi connectivity index (χ1n) is 10.4. The van der Waals surface area contributed by atoms with Gasteiger partial charge in [-0.05, 0) is 59.1 Å². The van der Waals surface area contributed by atoms with Crippen molar-refractivity contribution in [3.8, 4) is 5.75 Å². The van der Waals surface area contributed by atoms with Gasteiger partial charge in [0.2, 0.25) is 0 Å². The van der Waals surface area contributed by atoms with Crippen LogP contribution in [0.3, 0.4) is 0 Å². The van der Waals surface area contributed by atoms with E-state index in [1.807, 2.05) is 24.3 Å². The molecule has 0 saturated carbocycles. The van der Waals surface area contributed by atoms with Crippen molar-refractivity contribution in [3.05, 3.63) is 77.4 Å². The van der Waals surface area contributed by atoms with E-state index in [0.29, 0.717) is 6.61 Å². The maximum atomic E-state index is 12.2. The van der Waals surface area contributed by atoms with Crippen LogP contribution in [0.25, 0.3) is 12.2 Å². The number of carbonyl (C=O) groups excluding carboxylic acids is 2. The quantitative estimate of drug-likeness (QED) is 0.290. The smallest absolute Gasteiger partial charge is 0.192 e. The Hall–Kier alpha value is -2.76. The molecule has 0 unspecified atom stereocenters. The summed E-state index contributed by atoms with van der Waals surface area (Å²) in [5, 5.41) is 9.41. The number of aromatic hydroxyl groups is 1. The summed E-state index contributed by atoms with van der Waals surface area (Å²) in [6, 6.07) is 14.3. The van der Waals surface area contributed by atoms with Crippen LogP contribution in [-0.2, 0) is 20.6 Å². The number of allylic oxidation sites excluding steroid dienone is 2. The van der Waals surface area contributed by atoms with Gasteiger partial charge in [0.15, 0.2) is 19.9 Å². The summed E-state index contributed by atoms with van der Waals surface area (Å²) in [6.45, 7) is 11.5. The van der Waals surface area contributed by atoms with Crippen LogP contribution in [0.2, 0.25) is 18.1 Å². The van der Waals surface area contributed by atoms with Gasteiger partial charge >= 0.3 is 0 Å². The van der Waals surface area contributed by atoms with Crippen molar-refractivity contribution < 1.29 is 19.1 Å². The van der Waals surface area contributed by atoms with Crippen molar-refractivity contribution in [3.63, 3.8) is 0 Å². The largest absolute Gasteiger partial charge is 0.508 e. The van der Waals surface area contributed by atoms with E-state index >= 15 is 0 Å². The maximum absolute atomic E-state index is 12.2. The Morgan fingerprint density at radius 2 is 1.52 bits per heavy atom. The molecule has 0 heterocycles. The highest BCUT2D eigenvalue weighted by molar-refractivity contribution is 6.74. The van der Waals surface area contributed by atoms with E-state index in [9.17, 15) is 14.7 Å². The van der Waals surface area contributed by atoms with E-state index < -0.39 is 8.32 Å². The predicted molar refractivity (Wildman–Crippen MR) is 129 cm³/mol. The second-order valence-corrected chi connectivity index (χ2v) is 13.9. The molecule has 0 spiro atoms. The van der Waals surface area contributed by atoms with Gasteiger partial charge in [-0.15, -0.1) is 0 Å². The molecule has 0 saturated heterocycles. The summed E-state index contributed by atoms with van der Waals surface area (Å²) < 4.78 is 6.31. The summed E-state index contributed by atoms with van der Waals surface area (Å²) >= 11 is 0. The van der Waals surface area contributed by atoms with E-state index in [-0.39, 0.29) is 28.8 Å². The van der Waals surface area contributed by atoms with E-state index in [1.54, 1.807) is 36.4 Å². The lowest BCUT2D eigenvalue weighted by Gasteiger charge is -2.36. The first-order chi connectivity index (χ1) is 14.5. The zero-order valence-electron chi connectivity index (χ0n) is 19.0. The van der Waals surface area contributed by atoms with Gasteiger partial charge in [-0.2, -0.15) is 0 Å². The molecule has 0 aliphatic rings. The van der Waals surface area contributed by atoms with E-state index in [2.05, 4.69) is 33.9 Å². The van der Waals surface area contributed by atoms with Crippen LogP contribution in [0, 0.1) is 0 Å². The molecule has 164 valence electrons. The van der Waals surface area contributed by atoms with Crippen molar-refractivity contribution in [2.75, 3.05) is 0 Å². The van der Waals surface area contributed by atoms with Crippen molar-refractivity contribution in [1.29, 1.82) is 0 Å². The highest BCUT2D eigenvalue weighted by Crippen LogP contribution is 2.37. The van der Waals surface area contributed by atoms with Gasteiger partial charge in [-0.3, -0.25) is 9.59 Å². The van der Waals surface area contributed by atoms with E-state index in [1.165, 1.54) is 12.2 Å². The summed E-state index contributed by atoms with van der Waals surface area (Å²) in [7, 11) is -1.87. The molecule has 31 heavy (non-hydrogen) atoms. The minimum atomic E-state index is -1.87. The molecule has 0 aromatic heterocycles. The number of benzene rings is 2. The topological polar surface area (TPSA) is 63.6 Å². The summed E-state index contributed by atoms with van der Waals surface area (Å²) in [5.41, 5.74) is 2.72. The lowest BCUT2D eigenvalue weighted by Crippen LogP contribution is -2.40. The van der Waals surface area contributed by atoms with E-state index in [4.69, 9.17) is 4.43 Å². The standard InChI is InChI=1S/C26H32O4Si/c1-26(2,3)31(4,5)30-19-22-9-7-6-8-21(22)13-17-25(29)18-24(28)16-12-20-10-14-23(27)15-11-20/h6-17,27H,18-19H2,1-5H3. The summed E-state index contributed by atoms with van der Waals surface area (Å²) in [5.74, 6) is -0.350. The van der Waals surface area contributed by atoms with Crippen LogP contribution in [0.4, 0.5) is 0 Å². The molecule has 4 nitrogen and oxygen atoms in total. The normalized spacial score (nSPS) is 12.5. The van der Waals surface area contributed by atoms with E-state index in [0.717, 1.165) is 16.7 Å². The molecular formula is C26H32O4Si. The third-order valence-corrected chi connectivity index (χ3v) is 10.1. The molecule has 0 amide bonds. The minimum Gasteiger partial charge on any atom is -0.508 e. The number of rotatable bonds is 9. The van der Waals surface area contributed by atoms with Gasteiger partial charge in [-0.25, -0.2) is 0 Å². The van der Waals surface area contributed by atoms with Gasteiger partial charge in [0.25, 0.3) is 0 Å². The number of phenols is 1. The molecule has 0 radical (unpaired) electrons. The zero-order chi connectivity index (χ0) is 23.1. The Morgan fingerprint density at radius 1 is 0.935 bits per heavy atom. The molecule has 5 heteroatoms. The number of hydrogen-bond acceptors (Lipinski definition) is 4. The van der Waals surface area contributed by atoms with Crippen molar-refractivity contribution in [2.45, 2.75) is 51.9 Å². The van der Waals surface area contributed by atoms with Crippen molar-refractivity contribution in [1.82, 2.24) is 0 Å². The average Bonchev–Trinajstić information content (AvgIpc) is 2.70. The molecule has 2 aromatic carbocycles. The van der Waals surface area contributed by atoms with Crippen molar-refractivity contribution in [2.24, 2.45) is 0 Å². The maximum Gasteiger partial charge on any atom is 0.192 e. The second-order valence-electron chi connectivity index (χ2n) is 9.12. The second kappa shape index (κ2) is 10.5. The Morgan fingerprint density at radius 3 is 2.13 bits per heavy atom. The Labute approximate surface area is 186 Å². The first-order valence-corrected chi connectivity index (χ1v) is 13.3. The monoisotopic (exact) mass is 436 g/mol. The van der Waals surface area contributed by atoms with Crippen LogP contribution < -0.4 is 0 Å². The lowest BCUT2D eigenvalue weighted by molar-refractivity contribution is -0.121. The number of carbonyl (C=O) groups is 2. The zero-order valence-corrected chi connectivity index (χ0v) is 20.0. The van der Waals surface area contributed by atoms with Gasteiger partial charge in [-0.1, -0.05) is 69.3 Å². The summed E-state index contributed by atoms with van der Waals surface area (Å²) in [4.78, 5) is 24.3. The molecule has 2 aromatic rings. The predicted octanol–water partition coefficient (Wildman–Crippen LogP) is 6.17. The van der Waals surface area contributed by atoms with Crippen molar-refractivity contribution >= 4 is 32.0 Å². The average molecular weight is 437 g/mol. The lowest BCUT2D eigenvalue weighted by atomic mass is 10.1. The molecule has 2 rings (SSSR count). The fourth-order valence-corrected chi connectivity index (χ4v) is 3.50. The third-order valence-electron chi connectivity index (χ3n) is 5.60. The number of hydrogen-bond donors (Lipinski definition) is 1. The van der Waals surface area contributed by atoms with Crippen LogP contribution in [0.15, 0.2) is 60.7 Å². The molecule has 0 aliphatic heterocycles. The van der Waals surface area contributed by atoms with Crippen LogP contribution >= 0.6 is 0 Å². The Bertz CT molecular complexity index is 964. The fourth-order valence-electron chi connectivity index (χ4n) is 2.55. The van der Waals surface area contributed by atoms with Crippen LogP contribution in [0.5, 0.6) is 5.75 Å². The SMILES string of the molecule is CC(C)(C)[Si](C)(C)OCc1ccccc1C=CC(=O)CC(=O)C=Cc1ccc(O)cc1. The van der Waals surface area contributed by atoms with Gasteiger partial charge in [0.1, 0.15) is 5.75 Å². The molecule has 1 N–H and O–H groups in total. The fraction of sp³-hybridized carbons (Fsp3) is 0.308. The Balaban J connectivity index is 1.97. The van der Waals surface area contributed by atoms with Crippen LogP contribution in [-0.4, -0.2) is 25.0 Å². The van der Waals surface area contributed by atoms with Gasteiger partial charge < -0.3 is 9.53 Å².